The summed E-state index contributed by atoms with van der Waals surface area (Å²) in [5, 5.41) is 11.6. The Kier molecular flexibility index (Phi) is 5.32. The number of carbonyl (C=O) groups excluding carboxylic acids is 1. The van der Waals surface area contributed by atoms with Crippen LogP contribution in [-0.4, -0.2) is 69.1 Å². The van der Waals surface area contributed by atoms with Gasteiger partial charge in [0.25, 0.3) is 0 Å². The SMILES string of the molecule is CCNC(=NCCn1cccn1)N1CCN(c2cnn(C)c2)C(=O)C1. The maximum atomic E-state index is 12.5. The first-order chi connectivity index (χ1) is 12.2. The van der Waals surface area contributed by atoms with Gasteiger partial charge in [0.05, 0.1) is 25.0 Å². The zero-order chi connectivity index (χ0) is 17.6. The molecule has 0 spiro atoms. The van der Waals surface area contributed by atoms with Crippen LogP contribution in [0.1, 0.15) is 6.92 Å². The van der Waals surface area contributed by atoms with E-state index in [0.29, 0.717) is 26.2 Å². The highest BCUT2D eigenvalue weighted by Crippen LogP contribution is 2.16. The smallest absolute Gasteiger partial charge is 0.246 e. The predicted molar refractivity (Wildman–Crippen MR) is 95.3 cm³/mol. The number of hydrogen-bond donors (Lipinski definition) is 1. The van der Waals surface area contributed by atoms with Crippen LogP contribution in [0.5, 0.6) is 0 Å². The Morgan fingerprint density at radius 2 is 2.24 bits per heavy atom. The van der Waals surface area contributed by atoms with Gasteiger partial charge >= 0.3 is 0 Å². The summed E-state index contributed by atoms with van der Waals surface area (Å²) in [7, 11) is 1.85. The molecule has 134 valence electrons. The molecule has 0 bridgehead atoms. The Morgan fingerprint density at radius 1 is 1.36 bits per heavy atom. The standard InChI is InChI=1S/C16H24N8O/c1-3-17-16(18-6-8-23-7-4-5-19-23)22-9-10-24(15(25)13-22)14-11-20-21(2)12-14/h4-5,7,11-12H,3,6,8-10,13H2,1-2H3,(H,17,18). The van der Waals surface area contributed by atoms with Crippen molar-refractivity contribution < 1.29 is 4.79 Å². The molecule has 0 aliphatic carbocycles. The number of nitrogens with one attached hydrogen (secondary N) is 1. The van der Waals surface area contributed by atoms with Gasteiger partial charge in [-0.1, -0.05) is 0 Å². The van der Waals surface area contributed by atoms with Gasteiger partial charge in [0, 0.05) is 45.3 Å². The molecular weight excluding hydrogens is 320 g/mol. The third-order valence-electron chi connectivity index (χ3n) is 4.01. The van der Waals surface area contributed by atoms with E-state index in [4.69, 9.17) is 0 Å². The van der Waals surface area contributed by atoms with E-state index in [1.807, 2.05) is 42.0 Å². The van der Waals surface area contributed by atoms with Crippen molar-refractivity contribution >= 4 is 17.6 Å². The molecule has 2 aromatic rings. The van der Waals surface area contributed by atoms with E-state index < -0.39 is 0 Å². The van der Waals surface area contributed by atoms with E-state index in [2.05, 4.69) is 20.5 Å². The number of amides is 1. The lowest BCUT2D eigenvalue weighted by Gasteiger charge is -2.35. The number of aliphatic imine (C=N–C) groups is 1. The first-order valence-electron chi connectivity index (χ1n) is 8.47. The van der Waals surface area contributed by atoms with Crippen LogP contribution in [0.15, 0.2) is 35.8 Å². The molecule has 1 N–H and O–H groups in total. The number of rotatable bonds is 5. The normalized spacial score (nSPS) is 15.8. The maximum Gasteiger partial charge on any atom is 0.246 e. The van der Waals surface area contributed by atoms with E-state index in [0.717, 1.165) is 24.7 Å². The fourth-order valence-electron chi connectivity index (χ4n) is 2.79. The number of hydrogen-bond acceptors (Lipinski definition) is 4. The molecule has 3 heterocycles. The third-order valence-corrected chi connectivity index (χ3v) is 4.01. The van der Waals surface area contributed by atoms with Crippen molar-refractivity contribution in [3.8, 4) is 0 Å². The van der Waals surface area contributed by atoms with Crippen molar-refractivity contribution in [3.05, 3.63) is 30.9 Å². The van der Waals surface area contributed by atoms with Crippen molar-refractivity contribution in [3.63, 3.8) is 0 Å². The molecule has 1 aliphatic rings. The molecule has 0 unspecified atom stereocenters. The lowest BCUT2D eigenvalue weighted by molar-refractivity contribution is -0.120. The largest absolute Gasteiger partial charge is 0.357 e. The lowest BCUT2D eigenvalue weighted by Crippen LogP contribution is -2.55. The van der Waals surface area contributed by atoms with Gasteiger partial charge in [-0.25, -0.2) is 0 Å². The van der Waals surface area contributed by atoms with Crippen LogP contribution in [0.25, 0.3) is 0 Å². The van der Waals surface area contributed by atoms with Gasteiger partial charge in [-0.3, -0.25) is 19.2 Å². The molecular formula is C16H24N8O. The number of guanidine groups is 1. The van der Waals surface area contributed by atoms with Crippen molar-refractivity contribution in [1.82, 2.24) is 29.8 Å². The fourth-order valence-corrected chi connectivity index (χ4v) is 2.79. The fraction of sp³-hybridized carbons (Fsp3) is 0.500. The molecule has 9 heteroatoms. The van der Waals surface area contributed by atoms with Crippen molar-refractivity contribution in [2.24, 2.45) is 12.0 Å². The molecule has 3 rings (SSSR count). The van der Waals surface area contributed by atoms with E-state index in [1.165, 1.54) is 0 Å². The van der Waals surface area contributed by atoms with Gasteiger partial charge < -0.3 is 15.1 Å². The molecule has 25 heavy (non-hydrogen) atoms. The summed E-state index contributed by atoms with van der Waals surface area (Å²) >= 11 is 0. The summed E-state index contributed by atoms with van der Waals surface area (Å²) in [6.45, 7) is 5.77. The predicted octanol–water partition coefficient (Wildman–Crippen LogP) is -0.0691. The van der Waals surface area contributed by atoms with Gasteiger partial charge in [0.2, 0.25) is 5.91 Å². The Morgan fingerprint density at radius 3 is 2.88 bits per heavy atom. The minimum atomic E-state index is 0.0527. The average Bonchev–Trinajstić information content (AvgIpc) is 3.26. The molecule has 0 atom stereocenters. The van der Waals surface area contributed by atoms with Gasteiger partial charge in [-0.2, -0.15) is 10.2 Å². The van der Waals surface area contributed by atoms with Gasteiger partial charge in [-0.15, -0.1) is 0 Å². The summed E-state index contributed by atoms with van der Waals surface area (Å²) in [5.74, 6) is 0.825. The first kappa shape index (κ1) is 17.0. The second kappa shape index (κ2) is 7.82. The van der Waals surface area contributed by atoms with Gasteiger partial charge in [0.15, 0.2) is 5.96 Å². The highest BCUT2D eigenvalue weighted by atomic mass is 16.2. The average molecular weight is 344 g/mol. The Balaban J connectivity index is 1.61. The summed E-state index contributed by atoms with van der Waals surface area (Å²) in [6.07, 6.45) is 7.25. The van der Waals surface area contributed by atoms with Crippen molar-refractivity contribution in [1.29, 1.82) is 0 Å². The zero-order valence-electron chi connectivity index (χ0n) is 14.7. The van der Waals surface area contributed by atoms with E-state index in [1.54, 1.807) is 22.0 Å². The summed E-state index contributed by atoms with van der Waals surface area (Å²) < 4.78 is 3.55. The number of nitrogens with zero attached hydrogens (tertiary/aromatic N) is 7. The third kappa shape index (κ3) is 4.17. The van der Waals surface area contributed by atoms with Gasteiger partial charge in [0.1, 0.15) is 6.54 Å². The van der Waals surface area contributed by atoms with Gasteiger partial charge in [-0.05, 0) is 13.0 Å². The van der Waals surface area contributed by atoms with Crippen LogP contribution in [-0.2, 0) is 18.4 Å². The quantitative estimate of drug-likeness (QED) is 0.606. The van der Waals surface area contributed by atoms with E-state index in [9.17, 15) is 4.79 Å². The topological polar surface area (TPSA) is 83.6 Å². The molecule has 0 saturated carbocycles. The highest BCUT2D eigenvalue weighted by molar-refractivity contribution is 5.98. The first-order valence-corrected chi connectivity index (χ1v) is 8.47. The zero-order valence-corrected chi connectivity index (χ0v) is 14.7. The van der Waals surface area contributed by atoms with Crippen LogP contribution in [0.2, 0.25) is 0 Å². The van der Waals surface area contributed by atoms with Crippen molar-refractivity contribution in [2.75, 3.05) is 37.6 Å². The lowest BCUT2D eigenvalue weighted by atomic mass is 10.3. The Hall–Kier alpha value is -2.84. The second-order valence-electron chi connectivity index (χ2n) is 5.84. The molecule has 1 saturated heterocycles. The minimum Gasteiger partial charge on any atom is -0.357 e. The molecule has 0 radical (unpaired) electrons. The molecule has 0 aromatic carbocycles. The van der Waals surface area contributed by atoms with E-state index >= 15 is 0 Å². The molecule has 1 aliphatic heterocycles. The number of anilines is 1. The summed E-state index contributed by atoms with van der Waals surface area (Å²) in [6, 6.07) is 1.89. The number of aromatic nitrogens is 4. The molecule has 1 fully saturated rings. The summed E-state index contributed by atoms with van der Waals surface area (Å²) in [5.41, 5.74) is 0.841. The molecule has 2 aromatic heterocycles. The minimum absolute atomic E-state index is 0.0527. The Bertz CT molecular complexity index is 720. The van der Waals surface area contributed by atoms with Crippen LogP contribution >= 0.6 is 0 Å². The van der Waals surface area contributed by atoms with Crippen molar-refractivity contribution in [2.45, 2.75) is 13.5 Å². The van der Waals surface area contributed by atoms with E-state index in [-0.39, 0.29) is 5.91 Å². The number of carbonyl (C=O) groups is 1. The number of aryl methyl sites for hydroxylation is 1. The van der Waals surface area contributed by atoms with Crippen LogP contribution < -0.4 is 10.2 Å². The maximum absolute atomic E-state index is 12.5. The van der Waals surface area contributed by atoms with Crippen LogP contribution in [0.4, 0.5) is 5.69 Å². The second-order valence-corrected chi connectivity index (χ2v) is 5.84. The van der Waals surface area contributed by atoms with Crippen LogP contribution in [0.3, 0.4) is 0 Å². The monoisotopic (exact) mass is 344 g/mol. The molecule has 1 amide bonds. The number of piperazine rings is 1. The molecule has 9 nitrogen and oxygen atoms in total. The highest BCUT2D eigenvalue weighted by Gasteiger charge is 2.27. The Labute approximate surface area is 146 Å². The summed E-state index contributed by atoms with van der Waals surface area (Å²) in [4.78, 5) is 20.9. The van der Waals surface area contributed by atoms with Crippen LogP contribution in [0, 0.1) is 0 Å².